The monoisotopic (exact) mass is 763 g/mol. The van der Waals surface area contributed by atoms with Crippen molar-refractivity contribution >= 4 is 82.1 Å². The van der Waals surface area contributed by atoms with E-state index in [0.717, 1.165) is 50.1 Å². The van der Waals surface area contributed by atoms with E-state index in [9.17, 15) is 0 Å². The fraction of sp³-hybridized carbons (Fsp3) is 0. The van der Waals surface area contributed by atoms with Crippen LogP contribution in [0.5, 0.6) is 0 Å². The van der Waals surface area contributed by atoms with Gasteiger partial charge in [-0.2, -0.15) is 0 Å². The van der Waals surface area contributed by atoms with Gasteiger partial charge < -0.3 is 9.32 Å². The second kappa shape index (κ2) is 13.9. The topological polar surface area (TPSA) is 16.4 Å². The highest BCUT2D eigenvalue weighted by Gasteiger charge is 2.19. The second-order valence-corrected chi connectivity index (χ2v) is 15.7. The van der Waals surface area contributed by atoms with Crippen molar-refractivity contribution in [1.29, 1.82) is 0 Å². The molecule has 0 amide bonds. The molecule has 0 bridgehead atoms. The van der Waals surface area contributed by atoms with Gasteiger partial charge in [-0.15, -0.1) is 0 Å². The first-order valence-corrected chi connectivity index (χ1v) is 20.6. The Hall–Kier alpha value is -7.94. The molecule has 0 N–H and O–H groups in total. The molecule has 0 atom stereocenters. The maximum atomic E-state index is 6.27. The van der Waals surface area contributed by atoms with E-state index in [-0.39, 0.29) is 0 Å². The highest BCUT2D eigenvalue weighted by atomic mass is 16.3. The molecular formula is C58H37NO. The van der Waals surface area contributed by atoms with Crippen molar-refractivity contribution in [2.45, 2.75) is 0 Å². The fourth-order valence-electron chi connectivity index (χ4n) is 9.23. The van der Waals surface area contributed by atoms with Crippen molar-refractivity contribution < 1.29 is 4.42 Å². The average molecular weight is 764 g/mol. The summed E-state index contributed by atoms with van der Waals surface area (Å²) in [5, 5.41) is 12.2. The molecule has 12 aromatic rings. The van der Waals surface area contributed by atoms with E-state index in [4.69, 9.17) is 4.42 Å². The van der Waals surface area contributed by atoms with Gasteiger partial charge in [0.25, 0.3) is 0 Å². The third kappa shape index (κ3) is 5.73. The normalized spacial score (nSPS) is 11.7. The van der Waals surface area contributed by atoms with Crippen molar-refractivity contribution in [1.82, 2.24) is 0 Å². The van der Waals surface area contributed by atoms with Crippen LogP contribution in [0.15, 0.2) is 229 Å². The van der Waals surface area contributed by atoms with Crippen LogP contribution < -0.4 is 4.90 Å². The Morgan fingerprint density at radius 3 is 1.53 bits per heavy atom. The van der Waals surface area contributed by atoms with Gasteiger partial charge in [-0.1, -0.05) is 158 Å². The molecule has 0 saturated carbocycles. The molecule has 0 spiro atoms. The van der Waals surface area contributed by atoms with E-state index in [0.29, 0.717) is 0 Å². The number of fused-ring (bicyclic) bond motifs is 8. The first-order chi connectivity index (χ1) is 29.7. The van der Waals surface area contributed by atoms with Crippen LogP contribution in [0, 0.1) is 0 Å². The quantitative estimate of drug-likeness (QED) is 0.157. The Morgan fingerprint density at radius 1 is 0.267 bits per heavy atom. The lowest BCUT2D eigenvalue weighted by Gasteiger charge is -2.28. The standard InChI is InChI=1S/C58H37NO/c1-2-12-41-33-45(22-21-38(41)11-1)55-35-46(34-43-13-3-6-16-50(43)55)40-25-30-48(31-26-40)59(56-36-44-14-4-5-15-49(44)51-17-7-8-18-52(51)56)47-28-23-39(24-29-47)42-27-32-54-53-19-9-10-20-57(53)60-58(54)37-42/h1-37H. The van der Waals surface area contributed by atoms with E-state index in [2.05, 4.69) is 217 Å². The molecule has 2 nitrogen and oxygen atoms in total. The van der Waals surface area contributed by atoms with Crippen LogP contribution in [0.2, 0.25) is 0 Å². The number of hydrogen-bond acceptors (Lipinski definition) is 2. The lowest BCUT2D eigenvalue weighted by atomic mass is 9.92. The van der Waals surface area contributed by atoms with Gasteiger partial charge in [-0.05, 0) is 138 Å². The number of nitrogens with zero attached hydrogens (tertiary/aromatic N) is 1. The SMILES string of the molecule is c1ccc2cc(-c3cc(-c4ccc(N(c5ccc(-c6ccc7c(c6)oc6ccccc67)cc5)c5cc6ccccc6c6ccccc56)cc4)cc4ccccc34)ccc2c1. The number of anilines is 3. The number of para-hydroxylation sites is 1. The van der Waals surface area contributed by atoms with E-state index in [1.807, 2.05) is 12.1 Å². The van der Waals surface area contributed by atoms with E-state index >= 15 is 0 Å². The molecule has 60 heavy (non-hydrogen) atoms. The summed E-state index contributed by atoms with van der Waals surface area (Å²) in [6, 6.07) is 81.5. The third-order valence-electron chi connectivity index (χ3n) is 12.2. The van der Waals surface area contributed by atoms with Crippen molar-refractivity contribution in [3.63, 3.8) is 0 Å². The van der Waals surface area contributed by atoms with Crippen LogP contribution >= 0.6 is 0 Å². The van der Waals surface area contributed by atoms with Crippen molar-refractivity contribution in [3.8, 4) is 33.4 Å². The molecule has 12 rings (SSSR count). The number of hydrogen-bond donors (Lipinski definition) is 0. The minimum atomic E-state index is 0.901. The maximum absolute atomic E-state index is 6.27. The molecule has 2 heteroatoms. The molecule has 0 aliphatic rings. The minimum absolute atomic E-state index is 0.901. The molecule has 0 fully saturated rings. The number of furan rings is 1. The van der Waals surface area contributed by atoms with Gasteiger partial charge in [0.15, 0.2) is 0 Å². The highest BCUT2D eigenvalue weighted by Crippen LogP contribution is 2.44. The lowest BCUT2D eigenvalue weighted by molar-refractivity contribution is 0.669. The number of benzene rings is 11. The molecule has 0 saturated heterocycles. The van der Waals surface area contributed by atoms with Crippen LogP contribution in [-0.4, -0.2) is 0 Å². The van der Waals surface area contributed by atoms with Crippen molar-refractivity contribution in [3.05, 3.63) is 224 Å². The Bertz CT molecular complexity index is 3600. The smallest absolute Gasteiger partial charge is 0.136 e. The Balaban J connectivity index is 0.982. The molecule has 0 radical (unpaired) electrons. The predicted molar refractivity (Wildman–Crippen MR) is 255 cm³/mol. The van der Waals surface area contributed by atoms with Crippen LogP contribution in [0.4, 0.5) is 17.1 Å². The fourth-order valence-corrected chi connectivity index (χ4v) is 9.23. The molecule has 1 heterocycles. The zero-order valence-corrected chi connectivity index (χ0v) is 32.7. The van der Waals surface area contributed by atoms with Gasteiger partial charge in [0.2, 0.25) is 0 Å². The van der Waals surface area contributed by atoms with Crippen LogP contribution in [0.3, 0.4) is 0 Å². The average Bonchev–Trinajstić information content (AvgIpc) is 3.70. The zero-order valence-electron chi connectivity index (χ0n) is 32.7. The summed E-state index contributed by atoms with van der Waals surface area (Å²) in [5.41, 5.74) is 12.2. The number of rotatable bonds is 6. The van der Waals surface area contributed by atoms with Gasteiger partial charge in [0, 0.05) is 27.5 Å². The first kappa shape index (κ1) is 34.1. The first-order valence-electron chi connectivity index (χ1n) is 20.6. The molecule has 0 aliphatic heterocycles. The minimum Gasteiger partial charge on any atom is -0.456 e. The molecule has 0 unspecified atom stereocenters. The van der Waals surface area contributed by atoms with Gasteiger partial charge in [0.05, 0.1) is 5.69 Å². The van der Waals surface area contributed by atoms with Gasteiger partial charge in [0.1, 0.15) is 11.2 Å². The van der Waals surface area contributed by atoms with Gasteiger partial charge in [-0.25, -0.2) is 0 Å². The summed E-state index contributed by atoms with van der Waals surface area (Å²) < 4.78 is 6.27. The van der Waals surface area contributed by atoms with Crippen LogP contribution in [-0.2, 0) is 0 Å². The van der Waals surface area contributed by atoms with Crippen molar-refractivity contribution in [2.75, 3.05) is 4.90 Å². The third-order valence-corrected chi connectivity index (χ3v) is 12.2. The highest BCUT2D eigenvalue weighted by molar-refractivity contribution is 6.15. The summed E-state index contributed by atoms with van der Waals surface area (Å²) >= 11 is 0. The van der Waals surface area contributed by atoms with Gasteiger partial charge >= 0.3 is 0 Å². The molecule has 1 aromatic heterocycles. The van der Waals surface area contributed by atoms with Crippen LogP contribution in [0.25, 0.3) is 98.4 Å². The second-order valence-electron chi connectivity index (χ2n) is 15.7. The van der Waals surface area contributed by atoms with E-state index in [1.54, 1.807) is 0 Å². The summed E-state index contributed by atoms with van der Waals surface area (Å²) in [7, 11) is 0. The van der Waals surface area contributed by atoms with Crippen molar-refractivity contribution in [2.24, 2.45) is 0 Å². The molecule has 11 aromatic carbocycles. The zero-order chi connectivity index (χ0) is 39.6. The van der Waals surface area contributed by atoms with Crippen LogP contribution in [0.1, 0.15) is 0 Å². The lowest BCUT2D eigenvalue weighted by Crippen LogP contribution is -2.10. The molecule has 0 aliphatic carbocycles. The predicted octanol–water partition coefficient (Wildman–Crippen LogP) is 16.7. The summed E-state index contributed by atoms with van der Waals surface area (Å²) in [5.74, 6) is 0. The van der Waals surface area contributed by atoms with E-state index in [1.165, 1.54) is 65.3 Å². The largest absolute Gasteiger partial charge is 0.456 e. The molecular weight excluding hydrogens is 727 g/mol. The Labute approximate surface area is 347 Å². The summed E-state index contributed by atoms with van der Waals surface area (Å²) in [6.07, 6.45) is 0. The maximum Gasteiger partial charge on any atom is 0.136 e. The Morgan fingerprint density at radius 2 is 0.783 bits per heavy atom. The van der Waals surface area contributed by atoms with Gasteiger partial charge in [-0.3, -0.25) is 0 Å². The molecule has 280 valence electrons. The summed E-state index contributed by atoms with van der Waals surface area (Å²) in [4.78, 5) is 2.41. The Kier molecular flexibility index (Phi) is 7.89. The summed E-state index contributed by atoms with van der Waals surface area (Å²) in [6.45, 7) is 0. The van der Waals surface area contributed by atoms with E-state index < -0.39 is 0 Å².